The molecule has 25 heavy (non-hydrogen) atoms. The van der Waals surface area contributed by atoms with E-state index < -0.39 is 16.0 Å². The molecule has 1 aliphatic heterocycles. The van der Waals surface area contributed by atoms with Crippen LogP contribution in [0.25, 0.3) is 0 Å². The smallest absolute Gasteiger partial charge is 0.317 e. The fourth-order valence-corrected chi connectivity index (χ4v) is 4.45. The topological polar surface area (TPSA) is 87.2 Å². The largest absolute Gasteiger partial charge is 0.491 e. The molecular weight excluding hydrogens is 344 g/mol. The van der Waals surface area contributed by atoms with Gasteiger partial charge in [-0.15, -0.1) is 0 Å². The molecule has 8 heteroatoms. The van der Waals surface area contributed by atoms with Gasteiger partial charge in [-0.3, -0.25) is 9.69 Å². The van der Waals surface area contributed by atoms with Gasteiger partial charge in [0, 0.05) is 19.1 Å². The minimum atomic E-state index is -3.54. The van der Waals surface area contributed by atoms with Crippen molar-refractivity contribution in [2.24, 2.45) is 0 Å². The SMILES string of the molecule is CC(C)Oc1ccc(S(=O)(=O)N2CCC(N(C)CC(=O)O)CC2)cc1. The van der Waals surface area contributed by atoms with Gasteiger partial charge in [-0.05, 0) is 58.0 Å². The van der Waals surface area contributed by atoms with E-state index in [1.165, 1.54) is 4.31 Å². The number of carboxylic acids is 1. The monoisotopic (exact) mass is 370 g/mol. The van der Waals surface area contributed by atoms with E-state index in [-0.39, 0.29) is 23.6 Å². The highest BCUT2D eigenvalue weighted by Gasteiger charge is 2.31. The minimum Gasteiger partial charge on any atom is -0.491 e. The number of benzene rings is 1. The number of carboxylic acid groups (broad SMARTS) is 1. The van der Waals surface area contributed by atoms with Gasteiger partial charge in [0.25, 0.3) is 0 Å². The van der Waals surface area contributed by atoms with Gasteiger partial charge in [0.1, 0.15) is 5.75 Å². The number of likely N-dealkylation sites (N-methyl/N-ethyl adjacent to an activating group) is 1. The Kier molecular flexibility index (Phi) is 6.42. The highest BCUT2D eigenvalue weighted by atomic mass is 32.2. The second-order valence-electron chi connectivity index (χ2n) is 6.58. The molecule has 0 atom stereocenters. The maximum Gasteiger partial charge on any atom is 0.317 e. The lowest BCUT2D eigenvalue weighted by molar-refractivity contribution is -0.138. The maximum absolute atomic E-state index is 12.8. The van der Waals surface area contributed by atoms with Crippen LogP contribution in [0.2, 0.25) is 0 Å². The first-order chi connectivity index (χ1) is 11.7. The number of piperidine rings is 1. The molecule has 0 bridgehead atoms. The molecule has 1 heterocycles. The summed E-state index contributed by atoms with van der Waals surface area (Å²) in [7, 11) is -1.78. The first-order valence-corrected chi connectivity index (χ1v) is 9.83. The second kappa shape index (κ2) is 8.16. The lowest BCUT2D eigenvalue weighted by Crippen LogP contribution is -2.46. The van der Waals surface area contributed by atoms with E-state index in [1.54, 1.807) is 36.2 Å². The quantitative estimate of drug-likeness (QED) is 0.785. The summed E-state index contributed by atoms with van der Waals surface area (Å²) in [5, 5.41) is 8.86. The Morgan fingerprint density at radius 3 is 2.32 bits per heavy atom. The van der Waals surface area contributed by atoms with Crippen molar-refractivity contribution < 1.29 is 23.1 Å². The Balaban J connectivity index is 2.00. The van der Waals surface area contributed by atoms with E-state index in [9.17, 15) is 13.2 Å². The van der Waals surface area contributed by atoms with Crippen molar-refractivity contribution >= 4 is 16.0 Å². The average molecular weight is 370 g/mol. The summed E-state index contributed by atoms with van der Waals surface area (Å²) in [4.78, 5) is 12.8. The predicted molar refractivity (Wildman–Crippen MR) is 94.3 cm³/mol. The van der Waals surface area contributed by atoms with Crippen LogP contribution < -0.4 is 4.74 Å². The van der Waals surface area contributed by atoms with Gasteiger partial charge >= 0.3 is 5.97 Å². The van der Waals surface area contributed by atoms with Crippen molar-refractivity contribution in [2.75, 3.05) is 26.7 Å². The van der Waals surface area contributed by atoms with Crippen LogP contribution in [-0.2, 0) is 14.8 Å². The van der Waals surface area contributed by atoms with E-state index in [0.29, 0.717) is 31.7 Å². The Labute approximate surface area is 149 Å². The van der Waals surface area contributed by atoms with Gasteiger partial charge in [-0.25, -0.2) is 8.42 Å². The fraction of sp³-hybridized carbons (Fsp3) is 0.588. The van der Waals surface area contributed by atoms with Crippen LogP contribution in [0.5, 0.6) is 5.75 Å². The molecule has 0 aromatic heterocycles. The third kappa shape index (κ3) is 5.17. The molecule has 140 valence electrons. The van der Waals surface area contributed by atoms with Crippen LogP contribution in [0.4, 0.5) is 0 Å². The van der Waals surface area contributed by atoms with E-state index in [4.69, 9.17) is 9.84 Å². The third-order valence-electron chi connectivity index (χ3n) is 4.26. The summed E-state index contributed by atoms with van der Waals surface area (Å²) in [5.74, 6) is -0.232. The number of hydrogen-bond donors (Lipinski definition) is 1. The molecule has 1 aliphatic rings. The van der Waals surface area contributed by atoms with Crippen molar-refractivity contribution in [3.63, 3.8) is 0 Å². The predicted octanol–water partition coefficient (Wildman–Crippen LogP) is 1.64. The Morgan fingerprint density at radius 2 is 1.84 bits per heavy atom. The first kappa shape index (κ1) is 19.7. The summed E-state index contributed by atoms with van der Waals surface area (Å²) < 4.78 is 32.5. The summed E-state index contributed by atoms with van der Waals surface area (Å²) in [5.41, 5.74) is 0. The summed E-state index contributed by atoms with van der Waals surface area (Å²) >= 11 is 0. The maximum atomic E-state index is 12.8. The Bertz CT molecular complexity index is 679. The second-order valence-corrected chi connectivity index (χ2v) is 8.52. The minimum absolute atomic E-state index is 0.0317. The van der Waals surface area contributed by atoms with Gasteiger partial charge in [-0.1, -0.05) is 0 Å². The normalized spacial score (nSPS) is 17.2. The molecule has 1 N–H and O–H groups in total. The van der Waals surface area contributed by atoms with Crippen molar-refractivity contribution in [2.45, 2.75) is 43.7 Å². The van der Waals surface area contributed by atoms with Crippen LogP contribution in [0.3, 0.4) is 0 Å². The molecule has 2 rings (SSSR count). The first-order valence-electron chi connectivity index (χ1n) is 8.39. The molecule has 0 amide bonds. The molecule has 1 saturated heterocycles. The zero-order chi connectivity index (χ0) is 18.6. The zero-order valence-corrected chi connectivity index (χ0v) is 15.7. The van der Waals surface area contributed by atoms with Crippen LogP contribution in [-0.4, -0.2) is 67.5 Å². The number of sulfonamides is 1. The standard InChI is InChI=1S/C17H26N2O5S/c1-13(2)24-15-4-6-16(7-5-15)25(22,23)19-10-8-14(9-11-19)18(3)12-17(20)21/h4-7,13-14H,8-12H2,1-3H3,(H,20,21). The van der Waals surface area contributed by atoms with Crippen LogP contribution >= 0.6 is 0 Å². The van der Waals surface area contributed by atoms with Gasteiger partial charge in [0.2, 0.25) is 10.0 Å². The molecule has 0 unspecified atom stereocenters. The molecular formula is C17H26N2O5S. The van der Waals surface area contributed by atoms with E-state index in [0.717, 1.165) is 0 Å². The van der Waals surface area contributed by atoms with Crippen LogP contribution in [0.15, 0.2) is 29.2 Å². The molecule has 1 fully saturated rings. The van der Waals surface area contributed by atoms with Crippen molar-refractivity contribution in [1.29, 1.82) is 0 Å². The Hall–Kier alpha value is -1.64. The number of carbonyl (C=O) groups is 1. The van der Waals surface area contributed by atoms with E-state index in [1.807, 2.05) is 13.8 Å². The van der Waals surface area contributed by atoms with Crippen LogP contribution in [0, 0.1) is 0 Å². The third-order valence-corrected chi connectivity index (χ3v) is 6.18. The average Bonchev–Trinajstić information content (AvgIpc) is 2.54. The van der Waals surface area contributed by atoms with Gasteiger partial charge in [0.05, 0.1) is 17.5 Å². The number of nitrogens with zero attached hydrogens (tertiary/aromatic N) is 2. The van der Waals surface area contributed by atoms with Gasteiger partial charge < -0.3 is 9.84 Å². The van der Waals surface area contributed by atoms with Crippen molar-refractivity contribution in [1.82, 2.24) is 9.21 Å². The summed E-state index contributed by atoms with van der Waals surface area (Å²) in [6, 6.07) is 6.55. The number of rotatable bonds is 7. The Morgan fingerprint density at radius 1 is 1.28 bits per heavy atom. The molecule has 7 nitrogen and oxygen atoms in total. The number of aliphatic carboxylic acids is 1. The van der Waals surface area contributed by atoms with Crippen molar-refractivity contribution in [3.8, 4) is 5.75 Å². The summed E-state index contributed by atoms with van der Waals surface area (Å²) in [6.07, 6.45) is 1.28. The summed E-state index contributed by atoms with van der Waals surface area (Å²) in [6.45, 7) is 4.57. The highest BCUT2D eigenvalue weighted by Crippen LogP contribution is 2.24. The van der Waals surface area contributed by atoms with Crippen LogP contribution in [0.1, 0.15) is 26.7 Å². The number of hydrogen-bond acceptors (Lipinski definition) is 5. The molecule has 0 saturated carbocycles. The molecule has 0 spiro atoms. The van der Waals surface area contributed by atoms with Gasteiger partial charge in [-0.2, -0.15) is 4.31 Å². The lowest BCUT2D eigenvalue weighted by atomic mass is 10.1. The van der Waals surface area contributed by atoms with E-state index in [2.05, 4.69) is 0 Å². The van der Waals surface area contributed by atoms with Gasteiger partial charge in [0.15, 0.2) is 0 Å². The molecule has 1 aromatic rings. The highest BCUT2D eigenvalue weighted by molar-refractivity contribution is 7.89. The number of ether oxygens (including phenoxy) is 1. The molecule has 0 aliphatic carbocycles. The van der Waals surface area contributed by atoms with Crippen molar-refractivity contribution in [3.05, 3.63) is 24.3 Å². The molecule has 1 aromatic carbocycles. The van der Waals surface area contributed by atoms with E-state index >= 15 is 0 Å². The lowest BCUT2D eigenvalue weighted by Gasteiger charge is -2.35. The molecule has 0 radical (unpaired) electrons. The fourth-order valence-electron chi connectivity index (χ4n) is 2.98. The zero-order valence-electron chi connectivity index (χ0n) is 14.9.